The minimum atomic E-state index is 0.456. The normalized spacial score (nSPS) is 11.3. The summed E-state index contributed by atoms with van der Waals surface area (Å²) in [5, 5.41) is 3.45. The van der Waals surface area contributed by atoms with Gasteiger partial charge in [-0.05, 0) is 25.2 Å². The van der Waals surface area contributed by atoms with Crippen molar-refractivity contribution in [2.24, 2.45) is 5.92 Å². The molecule has 3 heteroatoms. The second kappa shape index (κ2) is 6.72. The van der Waals surface area contributed by atoms with Gasteiger partial charge in [0.05, 0.1) is 0 Å². The number of hydrogen-bond donors (Lipinski definition) is 1. The topological polar surface area (TPSA) is 37.8 Å². The highest BCUT2D eigenvalue weighted by Gasteiger charge is 2.14. The standard InChI is InChI=1S/C15H27N3/c1-7-8-16-15-14(11(4)5)12(6)17-13(18-15)9-10(2)3/h10-11H,7-9H2,1-6H3,(H,16,17,18). The molecule has 0 fully saturated rings. The van der Waals surface area contributed by atoms with Crippen molar-refractivity contribution in [3.63, 3.8) is 0 Å². The minimum absolute atomic E-state index is 0.456. The summed E-state index contributed by atoms with van der Waals surface area (Å²) >= 11 is 0. The molecule has 3 nitrogen and oxygen atoms in total. The maximum absolute atomic E-state index is 4.71. The molecule has 0 aromatic carbocycles. The van der Waals surface area contributed by atoms with Gasteiger partial charge in [0.25, 0.3) is 0 Å². The Morgan fingerprint density at radius 3 is 2.28 bits per heavy atom. The van der Waals surface area contributed by atoms with Crippen LogP contribution in [0.15, 0.2) is 0 Å². The van der Waals surface area contributed by atoms with Crippen LogP contribution in [0.3, 0.4) is 0 Å². The highest BCUT2D eigenvalue weighted by molar-refractivity contribution is 5.48. The molecule has 0 aliphatic carbocycles. The molecule has 1 heterocycles. The maximum atomic E-state index is 4.71. The Kier molecular flexibility index (Phi) is 5.57. The van der Waals surface area contributed by atoms with E-state index in [-0.39, 0.29) is 0 Å². The Hall–Kier alpha value is -1.12. The SMILES string of the molecule is CCCNc1nc(CC(C)C)nc(C)c1C(C)C. The third-order valence-corrected chi connectivity index (χ3v) is 2.89. The monoisotopic (exact) mass is 249 g/mol. The first-order chi connectivity index (χ1) is 8.45. The third-order valence-electron chi connectivity index (χ3n) is 2.89. The fraction of sp³-hybridized carbons (Fsp3) is 0.733. The molecular formula is C15H27N3. The van der Waals surface area contributed by atoms with Gasteiger partial charge in [0, 0.05) is 24.2 Å². The minimum Gasteiger partial charge on any atom is -0.370 e. The number of aromatic nitrogens is 2. The van der Waals surface area contributed by atoms with Crippen molar-refractivity contribution in [2.75, 3.05) is 11.9 Å². The second-order valence-corrected chi connectivity index (χ2v) is 5.67. The fourth-order valence-corrected chi connectivity index (χ4v) is 2.17. The third kappa shape index (κ3) is 3.97. The van der Waals surface area contributed by atoms with E-state index in [2.05, 4.69) is 51.8 Å². The van der Waals surface area contributed by atoms with Gasteiger partial charge in [-0.15, -0.1) is 0 Å². The zero-order chi connectivity index (χ0) is 13.7. The van der Waals surface area contributed by atoms with Crippen LogP contribution in [-0.2, 0) is 6.42 Å². The van der Waals surface area contributed by atoms with E-state index in [1.165, 1.54) is 5.56 Å². The predicted molar refractivity (Wildman–Crippen MR) is 78.2 cm³/mol. The molecule has 1 aromatic rings. The zero-order valence-corrected chi connectivity index (χ0v) is 12.7. The Balaban J connectivity index is 3.10. The average molecular weight is 249 g/mol. The molecule has 1 aromatic heterocycles. The summed E-state index contributed by atoms with van der Waals surface area (Å²) in [6.45, 7) is 14.0. The molecule has 0 saturated heterocycles. The van der Waals surface area contributed by atoms with Crippen LogP contribution in [0.1, 0.15) is 64.0 Å². The van der Waals surface area contributed by atoms with Crippen molar-refractivity contribution in [2.45, 2.75) is 60.3 Å². The number of rotatable bonds is 6. The molecular weight excluding hydrogens is 222 g/mol. The van der Waals surface area contributed by atoms with E-state index < -0.39 is 0 Å². The molecule has 0 saturated carbocycles. The van der Waals surface area contributed by atoms with Crippen LogP contribution in [0.5, 0.6) is 0 Å². The number of nitrogens with zero attached hydrogens (tertiary/aromatic N) is 2. The van der Waals surface area contributed by atoms with Gasteiger partial charge in [-0.25, -0.2) is 9.97 Å². The lowest BCUT2D eigenvalue weighted by Crippen LogP contribution is -2.13. The molecule has 0 spiro atoms. The van der Waals surface area contributed by atoms with E-state index in [0.29, 0.717) is 11.8 Å². The van der Waals surface area contributed by atoms with E-state index in [1.807, 2.05) is 0 Å². The van der Waals surface area contributed by atoms with E-state index in [4.69, 9.17) is 4.98 Å². The van der Waals surface area contributed by atoms with Crippen LogP contribution in [0, 0.1) is 12.8 Å². The van der Waals surface area contributed by atoms with E-state index in [0.717, 1.165) is 36.7 Å². The van der Waals surface area contributed by atoms with E-state index in [1.54, 1.807) is 0 Å². The van der Waals surface area contributed by atoms with Gasteiger partial charge in [-0.1, -0.05) is 34.6 Å². The van der Waals surface area contributed by atoms with E-state index in [9.17, 15) is 0 Å². The summed E-state index contributed by atoms with van der Waals surface area (Å²) in [4.78, 5) is 9.36. The predicted octanol–water partition coefficient (Wildman–Crippen LogP) is 3.93. The highest BCUT2D eigenvalue weighted by atomic mass is 15.0. The maximum Gasteiger partial charge on any atom is 0.133 e. The average Bonchev–Trinajstić information content (AvgIpc) is 2.23. The molecule has 0 unspecified atom stereocenters. The highest BCUT2D eigenvalue weighted by Crippen LogP contribution is 2.25. The van der Waals surface area contributed by atoms with Crippen molar-refractivity contribution < 1.29 is 0 Å². The van der Waals surface area contributed by atoms with Crippen molar-refractivity contribution in [1.82, 2.24) is 9.97 Å². The zero-order valence-electron chi connectivity index (χ0n) is 12.7. The molecule has 0 radical (unpaired) electrons. The largest absolute Gasteiger partial charge is 0.370 e. The summed E-state index contributed by atoms with van der Waals surface area (Å²) in [5.41, 5.74) is 2.38. The Bertz CT molecular complexity index is 384. The first-order valence-corrected chi connectivity index (χ1v) is 7.06. The molecule has 0 amide bonds. The van der Waals surface area contributed by atoms with Crippen LogP contribution >= 0.6 is 0 Å². The number of anilines is 1. The molecule has 102 valence electrons. The van der Waals surface area contributed by atoms with Gasteiger partial charge in [-0.3, -0.25) is 0 Å². The van der Waals surface area contributed by atoms with Crippen LogP contribution in [-0.4, -0.2) is 16.5 Å². The van der Waals surface area contributed by atoms with Crippen LogP contribution in [0.4, 0.5) is 5.82 Å². The molecule has 0 atom stereocenters. The fourth-order valence-electron chi connectivity index (χ4n) is 2.17. The quantitative estimate of drug-likeness (QED) is 0.830. The van der Waals surface area contributed by atoms with Crippen LogP contribution in [0.25, 0.3) is 0 Å². The second-order valence-electron chi connectivity index (χ2n) is 5.67. The molecule has 1 rings (SSSR count). The number of hydrogen-bond acceptors (Lipinski definition) is 3. The Labute approximate surface area is 111 Å². The first-order valence-electron chi connectivity index (χ1n) is 7.06. The molecule has 1 N–H and O–H groups in total. The van der Waals surface area contributed by atoms with Gasteiger partial charge >= 0.3 is 0 Å². The van der Waals surface area contributed by atoms with Crippen molar-refractivity contribution in [3.8, 4) is 0 Å². The molecule has 0 aliphatic heterocycles. The molecule has 0 bridgehead atoms. The van der Waals surface area contributed by atoms with Gasteiger partial charge in [0.1, 0.15) is 11.6 Å². The van der Waals surface area contributed by atoms with Crippen molar-refractivity contribution >= 4 is 5.82 Å². The molecule has 18 heavy (non-hydrogen) atoms. The van der Waals surface area contributed by atoms with Crippen molar-refractivity contribution in [3.05, 3.63) is 17.1 Å². The summed E-state index contributed by atoms with van der Waals surface area (Å²) in [5.74, 6) is 3.05. The smallest absolute Gasteiger partial charge is 0.133 e. The first kappa shape index (κ1) is 14.9. The number of nitrogens with one attached hydrogen (secondary N) is 1. The lowest BCUT2D eigenvalue weighted by molar-refractivity contribution is 0.616. The summed E-state index contributed by atoms with van der Waals surface area (Å²) in [6, 6.07) is 0. The summed E-state index contributed by atoms with van der Waals surface area (Å²) in [6.07, 6.45) is 2.06. The Morgan fingerprint density at radius 2 is 1.78 bits per heavy atom. The lowest BCUT2D eigenvalue weighted by Gasteiger charge is -2.17. The summed E-state index contributed by atoms with van der Waals surface area (Å²) < 4.78 is 0. The molecule has 0 aliphatic rings. The van der Waals surface area contributed by atoms with Crippen molar-refractivity contribution in [1.29, 1.82) is 0 Å². The van der Waals surface area contributed by atoms with E-state index >= 15 is 0 Å². The summed E-state index contributed by atoms with van der Waals surface area (Å²) in [7, 11) is 0. The van der Waals surface area contributed by atoms with Gasteiger partial charge in [0.15, 0.2) is 0 Å². The van der Waals surface area contributed by atoms with Crippen LogP contribution < -0.4 is 5.32 Å². The van der Waals surface area contributed by atoms with Gasteiger partial charge < -0.3 is 5.32 Å². The van der Waals surface area contributed by atoms with Gasteiger partial charge in [-0.2, -0.15) is 0 Å². The Morgan fingerprint density at radius 1 is 1.11 bits per heavy atom. The lowest BCUT2D eigenvalue weighted by atomic mass is 10.0. The number of aryl methyl sites for hydroxylation is 1. The van der Waals surface area contributed by atoms with Crippen LogP contribution in [0.2, 0.25) is 0 Å². The van der Waals surface area contributed by atoms with Gasteiger partial charge in [0.2, 0.25) is 0 Å².